The second-order valence-corrected chi connectivity index (χ2v) is 6.53. The third-order valence-electron chi connectivity index (χ3n) is 4.88. The molecule has 28 heavy (non-hydrogen) atoms. The van der Waals surface area contributed by atoms with Gasteiger partial charge in [-0.05, 0) is 24.8 Å². The van der Waals surface area contributed by atoms with Gasteiger partial charge in [0, 0.05) is 0 Å². The van der Waals surface area contributed by atoms with Crippen molar-refractivity contribution in [2.24, 2.45) is 0 Å². The molecule has 150 valence electrons. The first-order valence-corrected chi connectivity index (χ1v) is 10.1. The van der Waals surface area contributed by atoms with Crippen molar-refractivity contribution in [3.63, 3.8) is 0 Å². The normalized spacial score (nSPS) is 19.9. The lowest BCUT2D eigenvalue weighted by Crippen LogP contribution is -2.14. The second kappa shape index (κ2) is 9.61. The average molecular weight is 383 g/mol. The first-order chi connectivity index (χ1) is 13.8. The molecule has 1 aliphatic rings. The summed E-state index contributed by atoms with van der Waals surface area (Å²) in [6, 6.07) is 10.5. The Morgan fingerprint density at radius 2 is 1.96 bits per heavy atom. The molecule has 0 spiro atoms. The van der Waals surface area contributed by atoms with Gasteiger partial charge in [0.15, 0.2) is 17.0 Å². The Bertz CT molecular complexity index is 868. The van der Waals surface area contributed by atoms with Crippen LogP contribution in [0.25, 0.3) is 11.2 Å². The Morgan fingerprint density at radius 1 is 1.18 bits per heavy atom. The molecule has 1 aliphatic heterocycles. The minimum Gasteiger partial charge on any atom is -0.394 e. The van der Waals surface area contributed by atoms with Crippen molar-refractivity contribution in [1.29, 1.82) is 0 Å². The van der Waals surface area contributed by atoms with Crippen molar-refractivity contribution in [1.82, 2.24) is 19.5 Å². The lowest BCUT2D eigenvalue weighted by molar-refractivity contribution is -0.0207. The summed E-state index contributed by atoms with van der Waals surface area (Å²) in [5, 5.41) is 12.8. The van der Waals surface area contributed by atoms with E-state index in [1.54, 1.807) is 12.7 Å². The van der Waals surface area contributed by atoms with Crippen LogP contribution >= 0.6 is 0 Å². The third kappa shape index (κ3) is 4.15. The molecular weight excluding hydrogens is 354 g/mol. The number of ether oxygens (including phenoxy) is 1. The Hall–Kier alpha value is -2.51. The van der Waals surface area contributed by atoms with E-state index in [1.165, 1.54) is 5.56 Å². The smallest absolute Gasteiger partial charge is 0.167 e. The van der Waals surface area contributed by atoms with E-state index in [4.69, 9.17) is 4.74 Å². The predicted molar refractivity (Wildman–Crippen MR) is 110 cm³/mol. The molecule has 2 N–H and O–H groups in total. The minimum absolute atomic E-state index is 0.0418. The van der Waals surface area contributed by atoms with E-state index in [9.17, 15) is 5.11 Å². The van der Waals surface area contributed by atoms with Gasteiger partial charge in [0.25, 0.3) is 0 Å². The van der Waals surface area contributed by atoms with Gasteiger partial charge in [-0.3, -0.25) is 4.57 Å². The van der Waals surface area contributed by atoms with Gasteiger partial charge >= 0.3 is 0 Å². The van der Waals surface area contributed by atoms with Crippen LogP contribution in [0.4, 0.5) is 5.82 Å². The van der Waals surface area contributed by atoms with Gasteiger partial charge in [0.1, 0.15) is 12.6 Å². The Morgan fingerprint density at radius 3 is 2.64 bits per heavy atom. The number of hydrogen-bond acceptors (Lipinski definition) is 6. The quantitative estimate of drug-likeness (QED) is 0.667. The fourth-order valence-electron chi connectivity index (χ4n) is 3.47. The van der Waals surface area contributed by atoms with Crippen LogP contribution in [0.2, 0.25) is 0 Å². The molecule has 0 aliphatic carbocycles. The number of aliphatic hydroxyl groups is 1. The molecule has 2 unspecified atom stereocenters. The summed E-state index contributed by atoms with van der Waals surface area (Å²) in [7, 11) is 0. The average Bonchev–Trinajstić information content (AvgIpc) is 3.41. The summed E-state index contributed by atoms with van der Waals surface area (Å²) < 4.78 is 7.80. The first kappa shape index (κ1) is 20.2. The summed E-state index contributed by atoms with van der Waals surface area (Å²) in [6.45, 7) is 6.18. The summed E-state index contributed by atoms with van der Waals surface area (Å²) in [4.78, 5) is 13.4. The molecule has 0 saturated carbocycles. The number of aromatic nitrogens is 4. The predicted octanol–water partition coefficient (Wildman–Crippen LogP) is 4.09. The number of hydrogen-bond donors (Lipinski definition) is 2. The molecule has 1 fully saturated rings. The summed E-state index contributed by atoms with van der Waals surface area (Å²) in [5.41, 5.74) is 2.69. The minimum atomic E-state index is -0.143. The molecule has 1 saturated heterocycles. The maximum absolute atomic E-state index is 9.29. The highest BCUT2D eigenvalue weighted by atomic mass is 16.5. The largest absolute Gasteiger partial charge is 0.394 e. The van der Waals surface area contributed by atoms with Crippen LogP contribution in [-0.2, 0) is 4.74 Å². The maximum Gasteiger partial charge on any atom is 0.167 e. The highest BCUT2D eigenvalue weighted by Crippen LogP contribution is 2.32. The van der Waals surface area contributed by atoms with Crippen molar-refractivity contribution in [2.75, 3.05) is 11.9 Å². The molecule has 3 aromatic rings. The van der Waals surface area contributed by atoms with Crippen LogP contribution in [-0.4, -0.2) is 37.3 Å². The third-order valence-corrected chi connectivity index (χ3v) is 4.88. The lowest BCUT2D eigenvalue weighted by atomic mass is 10.0. The molecule has 4 rings (SSSR count). The van der Waals surface area contributed by atoms with E-state index in [-0.39, 0.29) is 25.0 Å². The van der Waals surface area contributed by atoms with Gasteiger partial charge in [0.2, 0.25) is 0 Å². The number of anilines is 1. The zero-order chi connectivity index (χ0) is 19.9. The highest BCUT2D eigenvalue weighted by molar-refractivity contribution is 5.82. The van der Waals surface area contributed by atoms with E-state index in [0.29, 0.717) is 0 Å². The van der Waals surface area contributed by atoms with E-state index in [0.717, 1.165) is 36.2 Å². The van der Waals surface area contributed by atoms with Crippen LogP contribution in [0.1, 0.15) is 57.9 Å². The number of rotatable bonds is 6. The molecule has 0 bridgehead atoms. The standard InChI is InChI=1S/C19H23N5O2.C2H6/c1-2-15(13-6-4-3-5-7-13)23-18-17-19(21-11-20-18)24(12-22-17)16-9-8-14(10-25)26-16;1-2/h3-7,11-12,14-16,25H,2,8-10H2,1H3,(H,20,21,23);1-2H3/t14?,15?,16-;/m1./s1. The van der Waals surface area contributed by atoms with Gasteiger partial charge in [-0.15, -0.1) is 0 Å². The van der Waals surface area contributed by atoms with Crippen molar-refractivity contribution in [2.45, 2.75) is 58.4 Å². The van der Waals surface area contributed by atoms with Crippen molar-refractivity contribution < 1.29 is 9.84 Å². The summed E-state index contributed by atoms with van der Waals surface area (Å²) in [5.74, 6) is 0.723. The van der Waals surface area contributed by atoms with Gasteiger partial charge in [0.05, 0.1) is 25.1 Å². The molecule has 2 aromatic heterocycles. The van der Waals surface area contributed by atoms with E-state index >= 15 is 0 Å². The van der Waals surface area contributed by atoms with Crippen molar-refractivity contribution >= 4 is 17.0 Å². The van der Waals surface area contributed by atoms with Crippen LogP contribution in [0, 0.1) is 0 Å². The Balaban J connectivity index is 0.00000109. The molecular formula is C21H29N5O2. The summed E-state index contributed by atoms with van der Waals surface area (Å²) >= 11 is 0. The van der Waals surface area contributed by atoms with Crippen LogP contribution < -0.4 is 5.32 Å². The molecule has 3 heterocycles. The van der Waals surface area contributed by atoms with Crippen molar-refractivity contribution in [3.05, 3.63) is 48.5 Å². The zero-order valence-electron chi connectivity index (χ0n) is 16.7. The van der Waals surface area contributed by atoms with Gasteiger partial charge in [-0.25, -0.2) is 15.0 Å². The number of imidazole rings is 1. The summed E-state index contributed by atoms with van der Waals surface area (Å²) in [6.07, 6.45) is 5.65. The van der Waals surface area contributed by atoms with Crippen LogP contribution in [0.3, 0.4) is 0 Å². The van der Waals surface area contributed by atoms with E-state index in [2.05, 4.69) is 39.3 Å². The number of nitrogens with zero attached hydrogens (tertiary/aromatic N) is 4. The maximum atomic E-state index is 9.29. The van der Waals surface area contributed by atoms with Crippen molar-refractivity contribution in [3.8, 4) is 0 Å². The number of aliphatic hydroxyl groups excluding tert-OH is 1. The molecule has 7 nitrogen and oxygen atoms in total. The fraction of sp³-hybridized carbons (Fsp3) is 0.476. The lowest BCUT2D eigenvalue weighted by Gasteiger charge is -2.18. The van der Waals surface area contributed by atoms with Gasteiger partial charge in [-0.1, -0.05) is 51.1 Å². The fourth-order valence-corrected chi connectivity index (χ4v) is 3.47. The Kier molecular flexibility index (Phi) is 6.95. The number of fused-ring (bicyclic) bond motifs is 1. The number of nitrogens with one attached hydrogen (secondary N) is 1. The van der Waals surface area contributed by atoms with Crippen LogP contribution in [0.15, 0.2) is 43.0 Å². The monoisotopic (exact) mass is 383 g/mol. The van der Waals surface area contributed by atoms with Gasteiger partial charge < -0.3 is 15.2 Å². The zero-order valence-corrected chi connectivity index (χ0v) is 16.7. The highest BCUT2D eigenvalue weighted by Gasteiger charge is 2.28. The molecule has 3 atom stereocenters. The SMILES string of the molecule is CC.CCC(Nc1ncnc2c1ncn2[C@H]1CCC(CO)O1)c1ccccc1. The molecule has 0 amide bonds. The van der Waals surface area contributed by atoms with Gasteiger partial charge in [-0.2, -0.15) is 0 Å². The first-order valence-electron chi connectivity index (χ1n) is 10.1. The topological polar surface area (TPSA) is 85.1 Å². The molecule has 7 heteroatoms. The molecule has 1 aromatic carbocycles. The van der Waals surface area contributed by atoms with E-state index in [1.807, 2.05) is 36.6 Å². The van der Waals surface area contributed by atoms with Crippen LogP contribution in [0.5, 0.6) is 0 Å². The molecule has 0 radical (unpaired) electrons. The Labute approximate surface area is 165 Å². The van der Waals surface area contributed by atoms with E-state index < -0.39 is 0 Å². The number of benzene rings is 1. The second-order valence-electron chi connectivity index (χ2n) is 6.53.